The van der Waals surface area contributed by atoms with Gasteiger partial charge < -0.3 is 4.74 Å². The second kappa shape index (κ2) is 6.20. The topological polar surface area (TPSA) is 39.2 Å². The molecule has 0 N–H and O–H groups in total. The SMILES string of the molecule is CCCC(C)COC(=O)c1ccc(F)nc1. The van der Waals surface area contributed by atoms with Crippen LogP contribution < -0.4 is 0 Å². The Morgan fingerprint density at radius 1 is 1.56 bits per heavy atom. The maximum absolute atomic E-state index is 12.5. The summed E-state index contributed by atoms with van der Waals surface area (Å²) in [5, 5.41) is 0. The Labute approximate surface area is 94.6 Å². The van der Waals surface area contributed by atoms with Crippen LogP contribution in [-0.2, 0) is 4.74 Å². The maximum Gasteiger partial charge on any atom is 0.339 e. The quantitative estimate of drug-likeness (QED) is 0.571. The maximum atomic E-state index is 12.5. The zero-order chi connectivity index (χ0) is 12.0. The number of halogens is 1. The van der Waals surface area contributed by atoms with Gasteiger partial charge in [-0.2, -0.15) is 4.39 Å². The summed E-state index contributed by atoms with van der Waals surface area (Å²) < 4.78 is 17.6. The van der Waals surface area contributed by atoms with Crippen LogP contribution in [0.3, 0.4) is 0 Å². The minimum Gasteiger partial charge on any atom is -0.462 e. The molecule has 0 aliphatic heterocycles. The molecule has 0 spiro atoms. The third kappa shape index (κ3) is 3.96. The number of pyridine rings is 1. The van der Waals surface area contributed by atoms with Gasteiger partial charge >= 0.3 is 5.97 Å². The van der Waals surface area contributed by atoms with Crippen LogP contribution in [-0.4, -0.2) is 17.6 Å². The number of carbonyl (C=O) groups is 1. The van der Waals surface area contributed by atoms with Crippen LogP contribution in [0.4, 0.5) is 4.39 Å². The van der Waals surface area contributed by atoms with Gasteiger partial charge in [0.15, 0.2) is 0 Å². The average molecular weight is 225 g/mol. The Bertz CT molecular complexity index is 337. The summed E-state index contributed by atoms with van der Waals surface area (Å²) >= 11 is 0. The van der Waals surface area contributed by atoms with Crippen molar-refractivity contribution in [1.82, 2.24) is 4.98 Å². The lowest BCUT2D eigenvalue weighted by Gasteiger charge is -2.10. The van der Waals surface area contributed by atoms with Crippen molar-refractivity contribution >= 4 is 5.97 Å². The molecule has 1 aromatic rings. The number of esters is 1. The highest BCUT2D eigenvalue weighted by Crippen LogP contribution is 2.07. The van der Waals surface area contributed by atoms with E-state index in [4.69, 9.17) is 4.74 Å². The normalized spacial score (nSPS) is 12.2. The smallest absolute Gasteiger partial charge is 0.339 e. The van der Waals surface area contributed by atoms with E-state index in [2.05, 4.69) is 11.9 Å². The zero-order valence-electron chi connectivity index (χ0n) is 9.57. The molecule has 88 valence electrons. The van der Waals surface area contributed by atoms with Gasteiger partial charge in [0.2, 0.25) is 5.95 Å². The number of hydrogen-bond acceptors (Lipinski definition) is 3. The molecule has 0 aliphatic rings. The first kappa shape index (κ1) is 12.6. The van der Waals surface area contributed by atoms with Gasteiger partial charge in [-0.05, 0) is 24.5 Å². The van der Waals surface area contributed by atoms with Crippen LogP contribution in [0.1, 0.15) is 37.0 Å². The second-order valence-corrected chi connectivity index (χ2v) is 3.86. The number of rotatable bonds is 5. The fourth-order valence-electron chi connectivity index (χ4n) is 1.37. The molecule has 1 rings (SSSR count). The Morgan fingerprint density at radius 3 is 2.88 bits per heavy atom. The summed E-state index contributed by atoms with van der Waals surface area (Å²) in [6.07, 6.45) is 3.27. The van der Waals surface area contributed by atoms with E-state index in [0.29, 0.717) is 12.5 Å². The van der Waals surface area contributed by atoms with E-state index in [1.807, 2.05) is 6.92 Å². The van der Waals surface area contributed by atoms with Crippen LogP contribution in [0.15, 0.2) is 18.3 Å². The highest BCUT2D eigenvalue weighted by Gasteiger charge is 2.09. The molecule has 1 atom stereocenters. The van der Waals surface area contributed by atoms with Gasteiger partial charge in [0.1, 0.15) is 0 Å². The van der Waals surface area contributed by atoms with E-state index in [1.54, 1.807) is 0 Å². The molecule has 0 bridgehead atoms. The molecule has 1 unspecified atom stereocenters. The lowest BCUT2D eigenvalue weighted by atomic mass is 10.1. The molecule has 0 aliphatic carbocycles. The molecule has 0 radical (unpaired) electrons. The third-order valence-electron chi connectivity index (χ3n) is 2.24. The van der Waals surface area contributed by atoms with Crippen molar-refractivity contribution in [3.8, 4) is 0 Å². The molecule has 3 nitrogen and oxygen atoms in total. The van der Waals surface area contributed by atoms with Gasteiger partial charge in [-0.25, -0.2) is 9.78 Å². The summed E-state index contributed by atoms with van der Waals surface area (Å²) in [7, 11) is 0. The van der Waals surface area contributed by atoms with Gasteiger partial charge in [0.05, 0.1) is 12.2 Å². The van der Waals surface area contributed by atoms with E-state index in [0.717, 1.165) is 18.9 Å². The summed E-state index contributed by atoms with van der Waals surface area (Å²) in [5.74, 6) is -0.700. The summed E-state index contributed by atoms with van der Waals surface area (Å²) in [6, 6.07) is 2.52. The number of nitrogens with zero attached hydrogens (tertiary/aromatic N) is 1. The van der Waals surface area contributed by atoms with Crippen LogP contribution in [0.5, 0.6) is 0 Å². The van der Waals surface area contributed by atoms with Crippen molar-refractivity contribution in [2.24, 2.45) is 5.92 Å². The fourth-order valence-corrected chi connectivity index (χ4v) is 1.37. The molecule has 1 aromatic heterocycles. The van der Waals surface area contributed by atoms with Crippen LogP contribution in [0, 0.1) is 11.9 Å². The summed E-state index contributed by atoms with van der Waals surface area (Å²) in [4.78, 5) is 14.9. The molecular formula is C12H16FNO2. The Morgan fingerprint density at radius 2 is 2.31 bits per heavy atom. The zero-order valence-corrected chi connectivity index (χ0v) is 9.57. The van der Waals surface area contributed by atoms with Gasteiger partial charge in [-0.3, -0.25) is 0 Å². The van der Waals surface area contributed by atoms with Crippen molar-refractivity contribution in [3.63, 3.8) is 0 Å². The van der Waals surface area contributed by atoms with E-state index in [-0.39, 0.29) is 5.56 Å². The van der Waals surface area contributed by atoms with Gasteiger partial charge in [-0.1, -0.05) is 20.3 Å². The molecule has 0 amide bonds. The summed E-state index contributed by atoms with van der Waals surface area (Å²) in [6.45, 7) is 4.51. The summed E-state index contributed by atoms with van der Waals surface area (Å²) in [5.41, 5.74) is 0.282. The second-order valence-electron chi connectivity index (χ2n) is 3.86. The Balaban J connectivity index is 2.43. The predicted octanol–water partition coefficient (Wildman–Crippen LogP) is 2.81. The third-order valence-corrected chi connectivity index (χ3v) is 2.24. The Hall–Kier alpha value is -1.45. The first-order valence-corrected chi connectivity index (χ1v) is 5.42. The lowest BCUT2D eigenvalue weighted by Crippen LogP contribution is -2.12. The highest BCUT2D eigenvalue weighted by atomic mass is 19.1. The fraction of sp³-hybridized carbons (Fsp3) is 0.500. The minimum atomic E-state index is -0.601. The first-order valence-electron chi connectivity index (χ1n) is 5.42. The number of hydrogen-bond donors (Lipinski definition) is 0. The van der Waals surface area contributed by atoms with Crippen LogP contribution >= 0.6 is 0 Å². The number of aromatic nitrogens is 1. The number of carbonyl (C=O) groups excluding carboxylic acids is 1. The molecule has 0 saturated carbocycles. The van der Waals surface area contributed by atoms with Crippen LogP contribution in [0.25, 0.3) is 0 Å². The number of ether oxygens (including phenoxy) is 1. The predicted molar refractivity (Wildman–Crippen MR) is 58.5 cm³/mol. The molecule has 16 heavy (non-hydrogen) atoms. The van der Waals surface area contributed by atoms with E-state index >= 15 is 0 Å². The molecular weight excluding hydrogens is 209 g/mol. The highest BCUT2D eigenvalue weighted by molar-refractivity contribution is 5.88. The van der Waals surface area contributed by atoms with Crippen molar-refractivity contribution in [1.29, 1.82) is 0 Å². The van der Waals surface area contributed by atoms with Crippen molar-refractivity contribution in [3.05, 3.63) is 29.8 Å². The molecule has 1 heterocycles. The van der Waals surface area contributed by atoms with Crippen molar-refractivity contribution in [2.75, 3.05) is 6.61 Å². The molecule has 4 heteroatoms. The monoisotopic (exact) mass is 225 g/mol. The average Bonchev–Trinajstić information content (AvgIpc) is 2.27. The van der Waals surface area contributed by atoms with Crippen molar-refractivity contribution in [2.45, 2.75) is 26.7 Å². The van der Waals surface area contributed by atoms with E-state index < -0.39 is 11.9 Å². The standard InChI is InChI=1S/C12H16FNO2/c1-3-4-9(2)8-16-12(15)10-5-6-11(13)14-7-10/h5-7,9H,3-4,8H2,1-2H3. The lowest BCUT2D eigenvalue weighted by molar-refractivity contribution is 0.0443. The molecule has 0 fully saturated rings. The van der Waals surface area contributed by atoms with Crippen molar-refractivity contribution < 1.29 is 13.9 Å². The van der Waals surface area contributed by atoms with E-state index in [9.17, 15) is 9.18 Å². The van der Waals surface area contributed by atoms with Gasteiger partial charge in [0.25, 0.3) is 0 Å². The van der Waals surface area contributed by atoms with E-state index in [1.165, 1.54) is 12.3 Å². The Kier molecular flexibility index (Phi) is 4.89. The molecule has 0 aromatic carbocycles. The van der Waals surface area contributed by atoms with Crippen LogP contribution in [0.2, 0.25) is 0 Å². The largest absolute Gasteiger partial charge is 0.462 e. The first-order chi connectivity index (χ1) is 7.63. The van der Waals surface area contributed by atoms with Gasteiger partial charge in [-0.15, -0.1) is 0 Å². The molecule has 0 saturated heterocycles. The minimum absolute atomic E-state index is 0.282. The van der Waals surface area contributed by atoms with Gasteiger partial charge in [0, 0.05) is 6.20 Å².